The summed E-state index contributed by atoms with van der Waals surface area (Å²) in [5.74, 6) is 3.25. The molecular weight excluding hydrogens is 328 g/mol. The Bertz CT molecular complexity index is 797. The van der Waals surface area contributed by atoms with Gasteiger partial charge >= 0.3 is 0 Å². The van der Waals surface area contributed by atoms with Gasteiger partial charge in [0, 0.05) is 25.2 Å². The Hall–Kier alpha value is -2.11. The van der Waals surface area contributed by atoms with Gasteiger partial charge in [-0.2, -0.15) is 4.98 Å². The molecule has 0 aromatic carbocycles. The van der Waals surface area contributed by atoms with Crippen LogP contribution in [0.1, 0.15) is 50.3 Å². The summed E-state index contributed by atoms with van der Waals surface area (Å²) in [6.45, 7) is 12.6. The first-order chi connectivity index (χ1) is 12.4. The first-order valence-corrected chi connectivity index (χ1v) is 9.63. The number of nitrogens with zero attached hydrogens (tertiary/aromatic N) is 3. The van der Waals surface area contributed by atoms with Crippen LogP contribution in [-0.2, 0) is 4.79 Å². The molecule has 1 aliphatic heterocycles. The van der Waals surface area contributed by atoms with E-state index in [9.17, 15) is 4.79 Å². The number of hydrogen-bond donors (Lipinski definition) is 1. The van der Waals surface area contributed by atoms with Gasteiger partial charge in [0.1, 0.15) is 17.4 Å². The molecule has 1 atom stereocenters. The highest BCUT2D eigenvalue weighted by Gasteiger charge is 2.28. The number of carbonyl (C=O) groups is 1. The van der Waals surface area contributed by atoms with Crippen molar-refractivity contribution in [2.75, 3.05) is 24.5 Å². The second-order valence-electron chi connectivity index (χ2n) is 7.82. The Kier molecular flexibility index (Phi) is 5.49. The van der Waals surface area contributed by atoms with E-state index in [-0.39, 0.29) is 11.8 Å². The van der Waals surface area contributed by atoms with Crippen LogP contribution >= 0.6 is 0 Å². The molecule has 1 amide bonds. The third kappa shape index (κ3) is 3.84. The highest BCUT2D eigenvalue weighted by molar-refractivity contribution is 5.90. The lowest BCUT2D eigenvalue weighted by Crippen LogP contribution is -2.43. The van der Waals surface area contributed by atoms with Gasteiger partial charge in [0.25, 0.3) is 0 Å². The molecule has 1 saturated heterocycles. The van der Waals surface area contributed by atoms with E-state index in [0.29, 0.717) is 24.0 Å². The number of aromatic nitrogens is 2. The van der Waals surface area contributed by atoms with E-state index in [0.717, 1.165) is 54.9 Å². The predicted molar refractivity (Wildman–Crippen MR) is 103 cm³/mol. The summed E-state index contributed by atoms with van der Waals surface area (Å²) in [6.07, 6.45) is 2.94. The van der Waals surface area contributed by atoms with Gasteiger partial charge in [0.05, 0.1) is 11.3 Å². The molecule has 2 aromatic rings. The Morgan fingerprint density at radius 3 is 2.81 bits per heavy atom. The maximum Gasteiger partial charge on any atom is 0.231 e. The molecule has 2 aromatic heterocycles. The largest absolute Gasteiger partial charge is 0.443 e. The van der Waals surface area contributed by atoms with Gasteiger partial charge in [-0.3, -0.25) is 4.79 Å². The number of furan rings is 1. The lowest BCUT2D eigenvalue weighted by molar-refractivity contribution is -0.125. The lowest BCUT2D eigenvalue weighted by atomic mass is 9.96. The van der Waals surface area contributed by atoms with Crippen molar-refractivity contribution >= 4 is 22.8 Å². The molecule has 0 aliphatic carbocycles. The minimum absolute atomic E-state index is 0.00883. The summed E-state index contributed by atoms with van der Waals surface area (Å²) in [4.78, 5) is 23.9. The van der Waals surface area contributed by atoms with Crippen LogP contribution in [0.2, 0.25) is 0 Å². The second-order valence-corrected chi connectivity index (χ2v) is 7.82. The molecule has 142 valence electrons. The first kappa shape index (κ1) is 18.7. The van der Waals surface area contributed by atoms with Gasteiger partial charge < -0.3 is 14.6 Å². The molecule has 0 bridgehead atoms. The normalized spacial score (nSPS) is 17.9. The van der Waals surface area contributed by atoms with Crippen LogP contribution in [0.4, 0.5) is 5.82 Å². The van der Waals surface area contributed by atoms with Gasteiger partial charge in [-0.1, -0.05) is 13.8 Å². The average Bonchev–Trinajstić information content (AvgIpc) is 2.88. The first-order valence-electron chi connectivity index (χ1n) is 9.63. The van der Waals surface area contributed by atoms with Crippen molar-refractivity contribution in [1.29, 1.82) is 0 Å². The Morgan fingerprint density at radius 2 is 2.08 bits per heavy atom. The molecule has 1 N–H and O–H groups in total. The van der Waals surface area contributed by atoms with E-state index in [1.54, 1.807) is 0 Å². The van der Waals surface area contributed by atoms with Crippen LogP contribution in [0.3, 0.4) is 0 Å². The molecular formula is C20H30N4O2. The fraction of sp³-hybridized carbons (Fsp3) is 0.650. The SMILES string of the molecule is Cc1nc(N2CCCC(C(=O)NCCC(C)C)C2)c2c(C)c(C)oc2n1. The van der Waals surface area contributed by atoms with E-state index in [1.807, 2.05) is 20.8 Å². The summed E-state index contributed by atoms with van der Waals surface area (Å²) in [7, 11) is 0. The van der Waals surface area contributed by atoms with Crippen molar-refractivity contribution in [3.63, 3.8) is 0 Å². The van der Waals surface area contributed by atoms with E-state index in [2.05, 4.69) is 29.0 Å². The highest BCUT2D eigenvalue weighted by Crippen LogP contribution is 2.33. The van der Waals surface area contributed by atoms with Crippen molar-refractivity contribution in [2.45, 2.75) is 53.9 Å². The van der Waals surface area contributed by atoms with Gasteiger partial charge in [0.2, 0.25) is 11.6 Å². The maximum absolute atomic E-state index is 12.6. The number of piperidine rings is 1. The third-order valence-corrected chi connectivity index (χ3v) is 5.23. The summed E-state index contributed by atoms with van der Waals surface area (Å²) in [5, 5.41) is 4.08. The zero-order chi connectivity index (χ0) is 18.8. The Balaban J connectivity index is 1.80. The minimum atomic E-state index is 0.00883. The van der Waals surface area contributed by atoms with Crippen LogP contribution in [0.5, 0.6) is 0 Å². The number of hydrogen-bond acceptors (Lipinski definition) is 5. The number of aryl methyl sites for hydroxylation is 3. The lowest BCUT2D eigenvalue weighted by Gasteiger charge is -2.33. The summed E-state index contributed by atoms with van der Waals surface area (Å²) in [6, 6.07) is 0. The molecule has 26 heavy (non-hydrogen) atoms. The highest BCUT2D eigenvalue weighted by atomic mass is 16.3. The second kappa shape index (κ2) is 7.64. The number of fused-ring (bicyclic) bond motifs is 1. The molecule has 1 fully saturated rings. The zero-order valence-corrected chi connectivity index (χ0v) is 16.6. The molecule has 6 heteroatoms. The van der Waals surface area contributed by atoms with E-state index >= 15 is 0 Å². The molecule has 3 heterocycles. The van der Waals surface area contributed by atoms with Crippen LogP contribution in [0, 0.1) is 32.6 Å². The molecule has 6 nitrogen and oxygen atoms in total. The Morgan fingerprint density at radius 1 is 1.31 bits per heavy atom. The van der Waals surface area contributed by atoms with Crippen molar-refractivity contribution < 1.29 is 9.21 Å². The monoisotopic (exact) mass is 358 g/mol. The van der Waals surface area contributed by atoms with Crippen LogP contribution < -0.4 is 10.2 Å². The third-order valence-electron chi connectivity index (χ3n) is 5.23. The maximum atomic E-state index is 12.6. The summed E-state index contributed by atoms with van der Waals surface area (Å²) >= 11 is 0. The zero-order valence-electron chi connectivity index (χ0n) is 16.6. The smallest absolute Gasteiger partial charge is 0.231 e. The van der Waals surface area contributed by atoms with Crippen molar-refractivity contribution in [1.82, 2.24) is 15.3 Å². The van der Waals surface area contributed by atoms with Gasteiger partial charge in [0.15, 0.2) is 0 Å². The van der Waals surface area contributed by atoms with Crippen LogP contribution in [-0.4, -0.2) is 35.5 Å². The fourth-order valence-corrected chi connectivity index (χ4v) is 3.57. The van der Waals surface area contributed by atoms with Gasteiger partial charge in [-0.15, -0.1) is 0 Å². The van der Waals surface area contributed by atoms with Gasteiger partial charge in [-0.05, 0) is 46.0 Å². The number of nitrogens with one attached hydrogen (secondary N) is 1. The van der Waals surface area contributed by atoms with E-state index < -0.39 is 0 Å². The van der Waals surface area contributed by atoms with Crippen LogP contribution in [0.25, 0.3) is 11.1 Å². The minimum Gasteiger partial charge on any atom is -0.443 e. The van der Waals surface area contributed by atoms with Crippen LogP contribution in [0.15, 0.2) is 4.42 Å². The van der Waals surface area contributed by atoms with E-state index in [4.69, 9.17) is 9.40 Å². The molecule has 0 saturated carbocycles. The number of amides is 1. The summed E-state index contributed by atoms with van der Waals surface area (Å²) in [5.41, 5.74) is 1.73. The topological polar surface area (TPSA) is 71.3 Å². The molecule has 3 rings (SSSR count). The molecule has 1 unspecified atom stereocenters. The summed E-state index contributed by atoms with van der Waals surface area (Å²) < 4.78 is 5.80. The fourth-order valence-electron chi connectivity index (χ4n) is 3.57. The predicted octanol–water partition coefficient (Wildman–Crippen LogP) is 3.53. The molecule has 0 spiro atoms. The molecule has 1 aliphatic rings. The Labute approximate surface area is 155 Å². The molecule has 0 radical (unpaired) electrons. The number of carbonyl (C=O) groups excluding carboxylic acids is 1. The van der Waals surface area contributed by atoms with Crippen molar-refractivity contribution in [2.24, 2.45) is 11.8 Å². The van der Waals surface area contributed by atoms with Crippen molar-refractivity contribution in [3.05, 3.63) is 17.1 Å². The van der Waals surface area contributed by atoms with E-state index in [1.165, 1.54) is 0 Å². The van der Waals surface area contributed by atoms with Gasteiger partial charge in [-0.25, -0.2) is 4.98 Å². The van der Waals surface area contributed by atoms with Crippen molar-refractivity contribution in [3.8, 4) is 0 Å². The standard InChI is InChI=1S/C20H30N4O2/c1-12(2)8-9-21-19(25)16-7-6-10-24(11-16)18-17-13(3)14(4)26-20(17)23-15(5)22-18/h12,16H,6-11H2,1-5H3,(H,21,25). The quantitative estimate of drug-likeness (QED) is 0.885. The average molecular weight is 358 g/mol. The number of anilines is 1. The number of rotatable bonds is 5.